The van der Waals surface area contributed by atoms with E-state index >= 15 is 0 Å². The lowest BCUT2D eigenvalue weighted by Gasteiger charge is -2.19. The van der Waals surface area contributed by atoms with Crippen LogP contribution in [-0.4, -0.2) is 79.3 Å². The van der Waals surface area contributed by atoms with Crippen LogP contribution in [0.1, 0.15) is 11.1 Å². The van der Waals surface area contributed by atoms with Crippen LogP contribution in [0.5, 0.6) is 11.5 Å². The van der Waals surface area contributed by atoms with Gasteiger partial charge in [-0.05, 0) is 95.4 Å². The van der Waals surface area contributed by atoms with Crippen molar-refractivity contribution in [3.05, 3.63) is 129 Å². The number of aromatic nitrogens is 6. The standard InChI is InChI=1S/C17H12F4IN3O6S.C16H13FIN3O4.C2H3F3O5S2.CHCl3/c1-7-12(31-32(29,30)17(19,20)21)11-13(23(2)14(7)26)25(16(28)24(3)15(11)27)10-5-4-8(22)6-9(10)18;1-7-12(22)11-13(19(2)14(7)23)21(16(25)20(3)15(11)24)10-5-4-8(18)6-9(10)17;1-11(6,7)10-12(8,9)2(3,4)5;2-1(3)4/h4-6H,1-3H3;4-6,22H,1-3H3;1H3;1H. The molecule has 4 aromatic heterocycles. The molecule has 6 aromatic rings. The third-order valence-electron chi connectivity index (χ3n) is 9.18. The number of fused-ring (bicyclic) bond motifs is 2. The van der Waals surface area contributed by atoms with Gasteiger partial charge >= 0.3 is 42.6 Å². The largest absolute Gasteiger partial charge is 0.534 e. The van der Waals surface area contributed by atoms with Crippen molar-refractivity contribution < 1.29 is 73.3 Å². The zero-order valence-electron chi connectivity index (χ0n) is 37.0. The Labute approximate surface area is 444 Å². The molecular formula is C36H29Cl3F8I2N6O15S3. The van der Waals surface area contributed by atoms with Gasteiger partial charge in [0.05, 0.1) is 28.8 Å². The van der Waals surface area contributed by atoms with Crippen molar-refractivity contribution in [1.29, 1.82) is 0 Å². The average molecular weight is 1390 g/mol. The van der Waals surface area contributed by atoms with Crippen molar-refractivity contribution in [3.8, 4) is 22.9 Å². The van der Waals surface area contributed by atoms with Gasteiger partial charge in [0, 0.05) is 35.3 Å². The van der Waals surface area contributed by atoms with Crippen LogP contribution in [0.2, 0.25) is 0 Å². The Kier molecular flexibility index (Phi) is 19.5. The van der Waals surface area contributed by atoms with Crippen LogP contribution in [0.4, 0.5) is 35.1 Å². The molecule has 0 saturated heterocycles. The highest BCUT2D eigenvalue weighted by molar-refractivity contribution is 14.1. The summed E-state index contributed by atoms with van der Waals surface area (Å²) in [6.45, 7) is 2.32. The molecule has 0 spiro atoms. The lowest BCUT2D eigenvalue weighted by Crippen LogP contribution is -2.41. The summed E-state index contributed by atoms with van der Waals surface area (Å²) >= 11 is 18.1. The van der Waals surface area contributed by atoms with Crippen LogP contribution < -0.4 is 37.8 Å². The molecule has 0 radical (unpaired) electrons. The average Bonchev–Trinajstić information content (AvgIpc) is 3.23. The fraction of sp³-hybridized carbons (Fsp3) is 0.278. The van der Waals surface area contributed by atoms with Crippen molar-refractivity contribution in [3.63, 3.8) is 0 Å². The number of benzene rings is 2. The SMILES string of the molecule is CS(=O)(=O)OS(=O)(=O)C(F)(F)F.Cc1c(O)c2c(=O)n(C)c(=O)n(-c3ccc(I)cc3F)c2n(C)c1=O.Cc1c(OS(=O)(=O)C(F)(F)F)c2c(=O)n(C)c(=O)n(-c3ccc(I)cc3F)c2n(C)c1=O.ClC(Cl)Cl. The number of aryl methyl sites for hydroxylation is 2. The van der Waals surface area contributed by atoms with E-state index in [1.54, 1.807) is 28.7 Å². The first kappa shape index (κ1) is 62.7. The van der Waals surface area contributed by atoms with E-state index in [0.717, 1.165) is 51.4 Å². The monoisotopic (exact) mass is 1390 g/mol. The van der Waals surface area contributed by atoms with Gasteiger partial charge in [0.1, 0.15) is 39.5 Å². The van der Waals surface area contributed by atoms with E-state index in [-0.39, 0.29) is 28.5 Å². The highest BCUT2D eigenvalue weighted by Gasteiger charge is 2.50. The maximum absolute atomic E-state index is 14.7. The third-order valence-corrected chi connectivity index (χ3v) is 13.8. The number of alkyl halides is 9. The molecule has 0 aliphatic carbocycles. The second-order valence-electron chi connectivity index (χ2n) is 14.1. The summed E-state index contributed by atoms with van der Waals surface area (Å²) in [5, 5.41) is 9.25. The van der Waals surface area contributed by atoms with E-state index in [9.17, 15) is 94.3 Å². The molecular weight excluding hydrogens is 1360 g/mol. The second-order valence-corrected chi connectivity index (χ2v) is 23.4. The van der Waals surface area contributed by atoms with Crippen LogP contribution in [0, 0.1) is 32.6 Å². The third kappa shape index (κ3) is 13.5. The van der Waals surface area contributed by atoms with E-state index < -0.39 is 125 Å². The highest BCUT2D eigenvalue weighted by Crippen LogP contribution is 2.32. The van der Waals surface area contributed by atoms with E-state index in [2.05, 4.69) is 7.81 Å². The first-order valence-electron chi connectivity index (χ1n) is 18.4. The molecule has 4 heterocycles. The van der Waals surface area contributed by atoms with Gasteiger partial charge in [-0.25, -0.2) is 27.5 Å². The van der Waals surface area contributed by atoms with Gasteiger partial charge in [-0.2, -0.15) is 51.6 Å². The summed E-state index contributed by atoms with van der Waals surface area (Å²) in [5.41, 5.74) is -19.3. The number of aromatic hydroxyl groups is 1. The number of rotatable bonds is 6. The number of hydrogen-bond acceptors (Lipinski definition) is 15. The molecule has 0 aliphatic heterocycles. The van der Waals surface area contributed by atoms with Crippen molar-refractivity contribution in [1.82, 2.24) is 27.4 Å². The lowest BCUT2D eigenvalue weighted by molar-refractivity contribution is -0.0503. The molecule has 37 heteroatoms. The Balaban J connectivity index is 0.000000303. The van der Waals surface area contributed by atoms with E-state index in [1.807, 2.05) is 22.6 Å². The molecule has 402 valence electrons. The number of nitrogens with zero attached hydrogens (tertiary/aromatic N) is 6. The van der Waals surface area contributed by atoms with Crippen molar-refractivity contribution in [2.45, 2.75) is 29.2 Å². The number of pyridine rings is 2. The van der Waals surface area contributed by atoms with Crippen molar-refractivity contribution >= 4 is 132 Å². The maximum Gasteiger partial charge on any atom is 0.534 e. The van der Waals surface area contributed by atoms with E-state index in [4.69, 9.17) is 34.8 Å². The van der Waals surface area contributed by atoms with Gasteiger partial charge in [0.25, 0.3) is 32.4 Å². The van der Waals surface area contributed by atoms with Crippen molar-refractivity contribution in [2.75, 3.05) is 6.26 Å². The molecule has 0 saturated carbocycles. The molecule has 0 bridgehead atoms. The van der Waals surface area contributed by atoms with Gasteiger partial charge in [-0.3, -0.25) is 37.4 Å². The molecule has 0 aliphatic rings. The lowest BCUT2D eigenvalue weighted by atomic mass is 10.2. The first-order chi connectivity index (χ1) is 32.9. The zero-order valence-corrected chi connectivity index (χ0v) is 46.1. The van der Waals surface area contributed by atoms with Crippen LogP contribution in [0.15, 0.2) is 65.2 Å². The fourth-order valence-corrected chi connectivity index (χ4v) is 8.98. The summed E-state index contributed by atoms with van der Waals surface area (Å²) in [4.78, 5) is 75.8. The number of hydrogen-bond donors (Lipinski definition) is 1. The van der Waals surface area contributed by atoms with Gasteiger partial charge in [-0.1, -0.05) is 34.8 Å². The Bertz CT molecular complexity index is 3950. The predicted molar refractivity (Wildman–Crippen MR) is 264 cm³/mol. The topological polar surface area (TPSA) is 273 Å². The molecule has 0 unspecified atom stereocenters. The van der Waals surface area contributed by atoms with E-state index in [0.29, 0.717) is 16.3 Å². The summed E-state index contributed by atoms with van der Waals surface area (Å²) in [7, 11) is -12.4. The summed E-state index contributed by atoms with van der Waals surface area (Å²) in [6.07, 6.45) is 0.191. The second kappa shape index (κ2) is 22.7. The van der Waals surface area contributed by atoms with Gasteiger partial charge in [0.15, 0.2) is 10.0 Å². The normalized spacial score (nSPS) is 12.2. The van der Waals surface area contributed by atoms with E-state index in [1.165, 1.54) is 39.2 Å². The molecule has 0 atom stereocenters. The molecule has 2 aromatic carbocycles. The van der Waals surface area contributed by atoms with Crippen LogP contribution in [0.3, 0.4) is 0 Å². The molecule has 21 nitrogen and oxygen atoms in total. The molecule has 6 rings (SSSR count). The van der Waals surface area contributed by atoms with Crippen LogP contribution in [0.25, 0.3) is 33.4 Å². The molecule has 0 fully saturated rings. The Morgan fingerprint density at radius 1 is 0.589 bits per heavy atom. The Morgan fingerprint density at radius 2 is 0.932 bits per heavy atom. The van der Waals surface area contributed by atoms with Crippen molar-refractivity contribution in [2.24, 2.45) is 28.2 Å². The van der Waals surface area contributed by atoms with Gasteiger partial charge < -0.3 is 9.29 Å². The minimum absolute atomic E-state index is 0.0274. The Morgan fingerprint density at radius 3 is 1.26 bits per heavy atom. The summed E-state index contributed by atoms with van der Waals surface area (Å²) in [5.74, 6) is -3.36. The van der Waals surface area contributed by atoms with Crippen LogP contribution in [-0.2, 0) is 62.2 Å². The number of halogens is 13. The zero-order chi connectivity index (χ0) is 56.7. The predicted octanol–water partition coefficient (Wildman–Crippen LogP) is 4.61. The van der Waals surface area contributed by atoms with Crippen LogP contribution >= 0.6 is 80.0 Å². The smallest absolute Gasteiger partial charge is 0.506 e. The molecule has 73 heavy (non-hydrogen) atoms. The summed E-state index contributed by atoms with van der Waals surface area (Å²) < 4.78 is 177. The molecule has 0 amide bonds. The minimum atomic E-state index is -6.28. The minimum Gasteiger partial charge on any atom is -0.506 e. The quantitative estimate of drug-likeness (QED) is 0.0784. The maximum atomic E-state index is 14.7. The summed E-state index contributed by atoms with van der Waals surface area (Å²) in [6, 6.07) is 7.79. The fourth-order valence-electron chi connectivity index (χ4n) is 5.94. The molecule has 1 N–H and O–H groups in total. The van der Waals surface area contributed by atoms with Gasteiger partial charge in [0.2, 0.25) is 0 Å². The first-order valence-corrected chi connectivity index (χ1v) is 26.5. The Hall–Kier alpha value is -4.60. The van der Waals surface area contributed by atoms with Gasteiger partial charge in [-0.15, -0.1) is 3.63 Å². The highest BCUT2D eigenvalue weighted by atomic mass is 127.